The lowest BCUT2D eigenvalue weighted by molar-refractivity contribution is -0.117. The van der Waals surface area contributed by atoms with E-state index in [-0.39, 0.29) is 53.1 Å². The van der Waals surface area contributed by atoms with Gasteiger partial charge in [0.2, 0.25) is 15.9 Å². The Bertz CT molecular complexity index is 1350. The first-order valence-corrected chi connectivity index (χ1v) is 13.3. The predicted octanol–water partition coefficient (Wildman–Crippen LogP) is 1.88. The van der Waals surface area contributed by atoms with Gasteiger partial charge in [0, 0.05) is 36.2 Å². The molecule has 0 unspecified atom stereocenters. The molecular weight excluding hydrogens is 488 g/mol. The molecule has 0 aliphatic heterocycles. The third-order valence-corrected chi connectivity index (χ3v) is 6.82. The first-order chi connectivity index (χ1) is 18.3. The molecule has 1 heterocycles. The molecule has 2 aromatic rings. The molecule has 1 aromatic heterocycles. The van der Waals surface area contributed by atoms with Gasteiger partial charge in [0.15, 0.2) is 11.5 Å². The highest BCUT2D eigenvalue weighted by atomic mass is 32.2. The molecule has 194 valence electrons. The summed E-state index contributed by atoms with van der Waals surface area (Å²) in [5, 5.41) is 15.1. The first kappa shape index (κ1) is 21.8. The summed E-state index contributed by atoms with van der Waals surface area (Å²) < 4.78 is 59.2. The number of hydrogen-bond donors (Lipinski definition) is 3. The number of rotatable bonds is 12. The Labute approximate surface area is 214 Å². The van der Waals surface area contributed by atoms with Crippen molar-refractivity contribution in [2.45, 2.75) is 31.8 Å². The zero-order chi connectivity index (χ0) is 28.4. The zero-order valence-corrected chi connectivity index (χ0v) is 20.7. The van der Waals surface area contributed by atoms with Crippen LogP contribution in [0.2, 0.25) is 0 Å². The standard InChI is InChI=1S/C23H30N6O6S/c1-24-23(31)21-18(13-20(27-28-21)26-22(30)14-4-5-14)25-17-9-8-16(35-11-10-34-15-6-7-15)12-19(17)29(2)36(3,32)33/h8-9,12-15H,4-7,10-11H2,1-3H3,(H,24,31)(H2,25,26,27,30)/i1D3. The Morgan fingerprint density at radius 3 is 2.58 bits per heavy atom. The second kappa shape index (κ2) is 10.7. The molecule has 4 rings (SSSR count). The number of carbonyl (C=O) groups excluding carboxylic acids is 2. The van der Waals surface area contributed by atoms with Crippen LogP contribution in [0.15, 0.2) is 24.3 Å². The number of nitrogens with one attached hydrogen (secondary N) is 3. The number of aromatic nitrogens is 2. The molecule has 2 aliphatic rings. The topological polar surface area (TPSA) is 152 Å². The van der Waals surface area contributed by atoms with Crippen molar-refractivity contribution < 1.29 is 31.6 Å². The van der Waals surface area contributed by atoms with Gasteiger partial charge in [0.1, 0.15) is 12.4 Å². The second-order valence-corrected chi connectivity index (χ2v) is 10.7. The quantitative estimate of drug-likeness (QED) is 0.356. The summed E-state index contributed by atoms with van der Waals surface area (Å²) in [7, 11) is -2.37. The van der Waals surface area contributed by atoms with Crippen LogP contribution in [-0.4, -0.2) is 70.0 Å². The van der Waals surface area contributed by atoms with Crippen molar-refractivity contribution in [3.63, 3.8) is 0 Å². The van der Waals surface area contributed by atoms with Crippen LogP contribution in [0.1, 0.15) is 40.3 Å². The number of hydrogen-bond acceptors (Lipinski definition) is 9. The molecule has 0 bridgehead atoms. The molecule has 12 nitrogen and oxygen atoms in total. The summed E-state index contributed by atoms with van der Waals surface area (Å²) in [6.45, 7) is -2.14. The fraction of sp³-hybridized carbons (Fsp3) is 0.478. The summed E-state index contributed by atoms with van der Waals surface area (Å²) in [5.41, 5.74) is 0.0362. The Morgan fingerprint density at radius 2 is 1.92 bits per heavy atom. The van der Waals surface area contributed by atoms with Gasteiger partial charge in [-0.2, -0.15) is 0 Å². The van der Waals surface area contributed by atoms with Crippen LogP contribution in [0.3, 0.4) is 0 Å². The molecule has 0 radical (unpaired) electrons. The normalized spacial score (nSPS) is 16.8. The van der Waals surface area contributed by atoms with E-state index >= 15 is 0 Å². The SMILES string of the molecule is [2H]C([2H])([2H])NC(=O)c1nnc(NC(=O)C2CC2)cc1Nc1ccc(OCCOC2CC2)cc1N(C)S(C)(=O)=O. The van der Waals surface area contributed by atoms with E-state index in [0.29, 0.717) is 12.4 Å². The molecule has 2 saturated carbocycles. The van der Waals surface area contributed by atoms with Crippen LogP contribution in [0.25, 0.3) is 0 Å². The van der Waals surface area contributed by atoms with Gasteiger partial charge in [-0.25, -0.2) is 8.42 Å². The Kier molecular flexibility index (Phi) is 6.46. The van der Waals surface area contributed by atoms with E-state index in [9.17, 15) is 18.0 Å². The van der Waals surface area contributed by atoms with E-state index in [1.807, 2.05) is 5.32 Å². The smallest absolute Gasteiger partial charge is 0.273 e. The van der Waals surface area contributed by atoms with Gasteiger partial charge in [0.25, 0.3) is 5.91 Å². The largest absolute Gasteiger partial charge is 0.491 e. The molecule has 1 aromatic carbocycles. The monoisotopic (exact) mass is 521 g/mol. The van der Waals surface area contributed by atoms with E-state index in [4.69, 9.17) is 13.6 Å². The van der Waals surface area contributed by atoms with Crippen molar-refractivity contribution in [3.05, 3.63) is 30.0 Å². The van der Waals surface area contributed by atoms with E-state index < -0.39 is 22.9 Å². The summed E-state index contributed by atoms with van der Waals surface area (Å²) in [4.78, 5) is 25.0. The summed E-state index contributed by atoms with van der Waals surface area (Å²) in [6, 6.07) is 5.98. The highest BCUT2D eigenvalue weighted by Gasteiger charge is 2.30. The van der Waals surface area contributed by atoms with Gasteiger partial charge in [0.05, 0.1) is 36.0 Å². The number of amides is 2. The lowest BCUT2D eigenvalue weighted by atomic mass is 10.2. The van der Waals surface area contributed by atoms with Gasteiger partial charge in [-0.05, 0) is 37.8 Å². The minimum absolute atomic E-state index is 0.00694. The molecule has 2 fully saturated rings. The predicted molar refractivity (Wildman–Crippen MR) is 134 cm³/mol. The Balaban J connectivity index is 1.65. The number of carbonyl (C=O) groups is 2. The Morgan fingerprint density at radius 1 is 1.14 bits per heavy atom. The Hall–Kier alpha value is -3.45. The zero-order valence-electron chi connectivity index (χ0n) is 22.9. The second-order valence-electron chi connectivity index (χ2n) is 8.66. The summed E-state index contributed by atoms with van der Waals surface area (Å²) in [5.74, 6) is -0.998. The van der Waals surface area contributed by atoms with Crippen LogP contribution in [0.4, 0.5) is 22.9 Å². The lowest BCUT2D eigenvalue weighted by Gasteiger charge is -2.22. The number of anilines is 4. The molecule has 13 heteroatoms. The molecule has 0 atom stereocenters. The van der Waals surface area contributed by atoms with E-state index in [0.717, 1.165) is 36.2 Å². The van der Waals surface area contributed by atoms with Gasteiger partial charge >= 0.3 is 0 Å². The molecule has 3 N–H and O–H groups in total. The fourth-order valence-corrected chi connectivity index (χ4v) is 3.76. The third-order valence-electron chi connectivity index (χ3n) is 5.63. The van der Waals surface area contributed by atoms with E-state index in [2.05, 4.69) is 20.8 Å². The molecular formula is C23H30N6O6S. The number of benzene rings is 1. The van der Waals surface area contributed by atoms with Gasteiger partial charge in [-0.15, -0.1) is 10.2 Å². The van der Waals surface area contributed by atoms with Gasteiger partial charge < -0.3 is 25.4 Å². The molecule has 0 spiro atoms. The minimum atomic E-state index is -3.72. The molecule has 2 amide bonds. The molecule has 0 saturated heterocycles. The van der Waals surface area contributed by atoms with Crippen LogP contribution >= 0.6 is 0 Å². The maximum absolute atomic E-state index is 12.7. The van der Waals surface area contributed by atoms with Crippen LogP contribution < -0.4 is 25.0 Å². The third kappa shape index (κ3) is 6.61. The first-order valence-electron chi connectivity index (χ1n) is 12.9. The average molecular weight is 522 g/mol. The number of sulfonamides is 1. The van der Waals surface area contributed by atoms with Crippen molar-refractivity contribution in [2.24, 2.45) is 5.92 Å². The maximum Gasteiger partial charge on any atom is 0.273 e. The molecule has 36 heavy (non-hydrogen) atoms. The number of ether oxygens (including phenoxy) is 2. The van der Waals surface area contributed by atoms with Crippen LogP contribution in [-0.2, 0) is 19.6 Å². The summed E-state index contributed by atoms with van der Waals surface area (Å²) >= 11 is 0. The van der Waals surface area contributed by atoms with Crippen LogP contribution in [0.5, 0.6) is 5.75 Å². The highest BCUT2D eigenvalue weighted by molar-refractivity contribution is 7.92. The van der Waals surface area contributed by atoms with Gasteiger partial charge in [-0.3, -0.25) is 13.9 Å². The number of nitrogens with zero attached hydrogens (tertiary/aromatic N) is 3. The van der Waals surface area contributed by atoms with Crippen molar-refractivity contribution in [3.8, 4) is 5.75 Å². The highest BCUT2D eigenvalue weighted by Crippen LogP contribution is 2.35. The van der Waals surface area contributed by atoms with Crippen LogP contribution in [0, 0.1) is 5.92 Å². The molecule has 2 aliphatic carbocycles. The van der Waals surface area contributed by atoms with Crippen molar-refractivity contribution in [1.29, 1.82) is 0 Å². The van der Waals surface area contributed by atoms with Crippen molar-refractivity contribution >= 4 is 44.7 Å². The average Bonchev–Trinajstić information content (AvgIpc) is 3.74. The van der Waals surface area contributed by atoms with Crippen molar-refractivity contribution in [2.75, 3.05) is 48.4 Å². The van der Waals surface area contributed by atoms with Gasteiger partial charge in [-0.1, -0.05) is 0 Å². The fourth-order valence-electron chi connectivity index (χ4n) is 3.25. The van der Waals surface area contributed by atoms with E-state index in [1.54, 1.807) is 12.1 Å². The van der Waals surface area contributed by atoms with E-state index in [1.165, 1.54) is 19.2 Å². The summed E-state index contributed by atoms with van der Waals surface area (Å²) in [6.07, 6.45) is 4.88. The lowest BCUT2D eigenvalue weighted by Crippen LogP contribution is -2.26. The minimum Gasteiger partial charge on any atom is -0.491 e. The maximum atomic E-state index is 12.7. The van der Waals surface area contributed by atoms with Crippen molar-refractivity contribution in [1.82, 2.24) is 15.5 Å².